The van der Waals surface area contributed by atoms with Crippen LogP contribution in [0.1, 0.15) is 24.5 Å². The van der Waals surface area contributed by atoms with Crippen LogP contribution in [0.3, 0.4) is 0 Å². The monoisotopic (exact) mass is 437 g/mol. The number of carboxylic acids is 1. The summed E-state index contributed by atoms with van der Waals surface area (Å²) in [5.74, 6) is -1.46. The van der Waals surface area contributed by atoms with Crippen molar-refractivity contribution < 1.29 is 83.9 Å². The third-order valence-electron chi connectivity index (χ3n) is 3.46. The molecule has 10 heteroatoms. The second-order valence-corrected chi connectivity index (χ2v) is 5.76. The Labute approximate surface area is 206 Å². The van der Waals surface area contributed by atoms with Gasteiger partial charge in [-0.25, -0.2) is 0 Å². The summed E-state index contributed by atoms with van der Waals surface area (Å²) in [6.45, 7) is 1.56. The topological polar surface area (TPSA) is 82.4 Å². The Balaban J connectivity index is 0.00000392. The van der Waals surface area contributed by atoms with Crippen molar-refractivity contribution in [3.63, 3.8) is 0 Å². The maximum Gasteiger partial charge on any atom is 1.00 e. The van der Waals surface area contributed by atoms with E-state index in [4.69, 9.17) is 26.3 Å². The molecular weight excluding hydrogens is 426 g/mol. The van der Waals surface area contributed by atoms with E-state index < -0.39 is 23.8 Å². The van der Waals surface area contributed by atoms with Crippen molar-refractivity contribution >= 4 is 17.6 Å². The number of hydrogen-bond acceptors (Lipinski definition) is 5. The summed E-state index contributed by atoms with van der Waals surface area (Å²) >= 11 is 5.84. The minimum absolute atomic E-state index is 0. The van der Waals surface area contributed by atoms with Crippen molar-refractivity contribution in [3.8, 4) is 23.3 Å². The van der Waals surface area contributed by atoms with Crippen LogP contribution in [0.25, 0.3) is 0 Å². The van der Waals surface area contributed by atoms with Gasteiger partial charge in [-0.1, -0.05) is 18.5 Å². The summed E-state index contributed by atoms with van der Waals surface area (Å²) in [7, 11) is 0. The molecule has 2 rings (SSSR count). The van der Waals surface area contributed by atoms with E-state index in [1.165, 1.54) is 18.2 Å². The zero-order valence-electron chi connectivity index (χ0n) is 14.8. The van der Waals surface area contributed by atoms with E-state index in [0.717, 1.165) is 18.2 Å². The molecule has 0 spiro atoms. The average Bonchev–Trinajstić information content (AvgIpc) is 2.60. The van der Waals surface area contributed by atoms with E-state index in [9.17, 15) is 23.1 Å². The van der Waals surface area contributed by atoms with Crippen LogP contribution in [0.4, 0.5) is 13.2 Å². The van der Waals surface area contributed by atoms with E-state index >= 15 is 0 Å². The molecule has 1 unspecified atom stereocenters. The molecule has 0 radical (unpaired) electrons. The number of ether oxygens (including phenoxy) is 2. The third kappa shape index (κ3) is 6.37. The Hall–Kier alpha value is -1.28. The summed E-state index contributed by atoms with van der Waals surface area (Å²) in [6, 6.07) is 8.38. The van der Waals surface area contributed by atoms with Crippen LogP contribution in [0.5, 0.6) is 17.2 Å². The SMILES string of the molecule is CCC(Oc1cc(Oc2ccc(C(F)(F)F)cc2Cl)ccc1C#N)C(=O)[O-].[K+]. The summed E-state index contributed by atoms with van der Waals surface area (Å²) in [5.41, 5.74) is -0.871. The summed E-state index contributed by atoms with van der Waals surface area (Å²) in [4.78, 5) is 11.0. The molecule has 0 N–H and O–H groups in total. The van der Waals surface area contributed by atoms with Crippen molar-refractivity contribution in [2.75, 3.05) is 0 Å². The number of nitrogens with zero attached hydrogens (tertiary/aromatic N) is 1. The summed E-state index contributed by atoms with van der Waals surface area (Å²) < 4.78 is 48.8. The van der Waals surface area contributed by atoms with Crippen molar-refractivity contribution in [2.24, 2.45) is 0 Å². The van der Waals surface area contributed by atoms with Gasteiger partial charge < -0.3 is 19.4 Å². The van der Waals surface area contributed by atoms with Crippen molar-refractivity contribution in [2.45, 2.75) is 25.6 Å². The van der Waals surface area contributed by atoms with Gasteiger partial charge in [0.2, 0.25) is 0 Å². The summed E-state index contributed by atoms with van der Waals surface area (Å²) in [5, 5.41) is 19.9. The Morgan fingerprint density at radius 3 is 2.43 bits per heavy atom. The molecule has 1 atom stereocenters. The number of hydrogen-bond donors (Lipinski definition) is 0. The molecule has 2 aromatic carbocycles. The van der Waals surface area contributed by atoms with Crippen LogP contribution >= 0.6 is 11.6 Å². The van der Waals surface area contributed by atoms with Crippen LogP contribution in [0.2, 0.25) is 5.02 Å². The normalized spacial score (nSPS) is 11.7. The van der Waals surface area contributed by atoms with Crippen molar-refractivity contribution in [3.05, 3.63) is 52.5 Å². The Morgan fingerprint density at radius 1 is 1.25 bits per heavy atom. The zero-order chi connectivity index (χ0) is 20.2. The maximum absolute atomic E-state index is 12.7. The molecule has 0 saturated carbocycles. The molecule has 2 aromatic rings. The molecule has 0 amide bonds. The van der Waals surface area contributed by atoms with Crippen molar-refractivity contribution in [1.29, 1.82) is 5.26 Å². The minimum atomic E-state index is -4.54. The molecule has 0 fully saturated rings. The number of alkyl halides is 3. The molecular formula is C18H12ClF3KNO4. The first-order valence-corrected chi connectivity index (χ1v) is 7.99. The van der Waals surface area contributed by atoms with Crippen LogP contribution in [-0.2, 0) is 11.0 Å². The van der Waals surface area contributed by atoms with E-state index in [1.807, 2.05) is 6.07 Å². The summed E-state index contributed by atoms with van der Waals surface area (Å²) in [6.07, 6.45) is -5.72. The fraction of sp³-hybridized carbons (Fsp3) is 0.222. The van der Waals surface area contributed by atoms with E-state index in [0.29, 0.717) is 0 Å². The fourth-order valence-electron chi connectivity index (χ4n) is 2.09. The van der Waals surface area contributed by atoms with Gasteiger partial charge in [-0.15, -0.1) is 0 Å². The first-order valence-electron chi connectivity index (χ1n) is 7.62. The molecule has 5 nitrogen and oxygen atoms in total. The molecule has 0 aliphatic carbocycles. The number of rotatable bonds is 6. The predicted molar refractivity (Wildman–Crippen MR) is 87.4 cm³/mol. The van der Waals surface area contributed by atoms with E-state index in [2.05, 4.69) is 0 Å². The smallest absolute Gasteiger partial charge is 0.546 e. The molecule has 142 valence electrons. The largest absolute Gasteiger partial charge is 1.00 e. The predicted octanol–water partition coefficient (Wildman–Crippen LogP) is 0.934. The number of aliphatic carboxylic acids is 1. The van der Waals surface area contributed by atoms with Gasteiger partial charge in [-0.3, -0.25) is 0 Å². The van der Waals surface area contributed by atoms with Gasteiger partial charge >= 0.3 is 57.6 Å². The Kier molecular flexibility index (Phi) is 9.27. The number of halogens is 4. The van der Waals surface area contributed by atoms with Gasteiger partial charge in [0.05, 0.1) is 22.1 Å². The van der Waals surface area contributed by atoms with Gasteiger partial charge in [-0.2, -0.15) is 18.4 Å². The quantitative estimate of drug-likeness (QED) is 0.628. The van der Waals surface area contributed by atoms with Gasteiger partial charge in [0, 0.05) is 6.07 Å². The average molecular weight is 438 g/mol. The van der Waals surface area contributed by atoms with Gasteiger partial charge in [-0.05, 0) is 36.8 Å². The molecule has 0 aromatic heterocycles. The zero-order valence-corrected chi connectivity index (χ0v) is 18.7. The molecule has 0 aliphatic rings. The number of nitriles is 1. The fourth-order valence-corrected chi connectivity index (χ4v) is 2.31. The van der Waals surface area contributed by atoms with Crippen LogP contribution < -0.4 is 66.0 Å². The van der Waals surface area contributed by atoms with Crippen LogP contribution in [-0.4, -0.2) is 12.1 Å². The second-order valence-electron chi connectivity index (χ2n) is 5.35. The minimum Gasteiger partial charge on any atom is -0.546 e. The first-order chi connectivity index (χ1) is 12.7. The van der Waals surface area contributed by atoms with E-state index in [1.54, 1.807) is 6.92 Å². The van der Waals surface area contributed by atoms with Gasteiger partial charge in [0.25, 0.3) is 0 Å². The van der Waals surface area contributed by atoms with Crippen molar-refractivity contribution in [1.82, 2.24) is 0 Å². The number of carboxylic acid groups (broad SMARTS) is 1. The molecule has 0 bridgehead atoms. The first kappa shape index (κ1) is 24.8. The molecule has 0 heterocycles. The number of benzene rings is 2. The number of carbonyl (C=O) groups excluding carboxylic acids is 1. The molecule has 0 saturated heterocycles. The molecule has 0 aliphatic heterocycles. The maximum atomic E-state index is 12.7. The molecule has 28 heavy (non-hydrogen) atoms. The second kappa shape index (κ2) is 10.5. The Bertz CT molecular complexity index is 899. The van der Waals surface area contributed by atoms with Crippen LogP contribution in [0, 0.1) is 11.3 Å². The van der Waals surface area contributed by atoms with Gasteiger partial charge in [0.15, 0.2) is 0 Å². The van der Waals surface area contributed by atoms with E-state index in [-0.39, 0.29) is 85.6 Å². The van der Waals surface area contributed by atoms with Gasteiger partial charge in [0.1, 0.15) is 29.4 Å². The van der Waals surface area contributed by atoms with Crippen LogP contribution in [0.15, 0.2) is 36.4 Å². The standard InChI is InChI=1S/C18H13ClF3NO4.K/c1-2-14(17(24)25)27-16-8-12(5-3-10(16)9-23)26-15-6-4-11(7-13(15)19)18(20,21)22;/h3-8,14H,2H2,1H3,(H,24,25);/q;+1/p-1. The number of carbonyl (C=O) groups is 1. The third-order valence-corrected chi connectivity index (χ3v) is 3.76. The Morgan fingerprint density at radius 2 is 1.93 bits per heavy atom.